The molecule has 0 bridgehead atoms. The molecule has 1 aliphatic heterocycles. The minimum Gasteiger partial charge on any atom is -0.352 e. The minimum absolute atomic E-state index is 0.169. The Morgan fingerprint density at radius 2 is 1.71 bits per heavy atom. The van der Waals surface area contributed by atoms with E-state index in [0.717, 1.165) is 45.6 Å². The summed E-state index contributed by atoms with van der Waals surface area (Å²) in [6, 6.07) is 0.461. The molecule has 2 fully saturated rings. The van der Waals surface area contributed by atoms with Crippen molar-refractivity contribution < 1.29 is 4.79 Å². The lowest BCUT2D eigenvalue weighted by molar-refractivity contribution is -0.122. The van der Waals surface area contributed by atoms with E-state index in [9.17, 15) is 4.79 Å². The van der Waals surface area contributed by atoms with Crippen LogP contribution in [0.2, 0.25) is 0 Å². The lowest BCUT2D eigenvalue weighted by Crippen LogP contribution is -2.49. The van der Waals surface area contributed by atoms with Gasteiger partial charge in [-0.15, -0.1) is 0 Å². The molecule has 0 spiro atoms. The minimum atomic E-state index is 0.169. The maximum atomic E-state index is 11.6. The number of nitrogens with one attached hydrogen (secondary N) is 1. The zero-order chi connectivity index (χ0) is 12.3. The summed E-state index contributed by atoms with van der Waals surface area (Å²) in [5.74, 6) is 0.169. The standard InChI is InChI=1S/C12H20ClN3O/c1-10(13)8-15-4-6-16(7-5-15)9-12(17)14-11-2-3-11/h11H,1-9H2,(H,14,17). The Hall–Kier alpha value is -0.580. The van der Waals surface area contributed by atoms with E-state index < -0.39 is 0 Å². The highest BCUT2D eigenvalue weighted by atomic mass is 35.5. The van der Waals surface area contributed by atoms with Crippen LogP contribution in [0.15, 0.2) is 11.6 Å². The van der Waals surface area contributed by atoms with E-state index in [1.807, 2.05) is 0 Å². The Kier molecular flexibility index (Phi) is 4.42. The summed E-state index contributed by atoms with van der Waals surface area (Å²) in [5.41, 5.74) is 0. The zero-order valence-electron chi connectivity index (χ0n) is 10.1. The third-order valence-corrected chi connectivity index (χ3v) is 3.29. The fourth-order valence-corrected chi connectivity index (χ4v) is 2.22. The van der Waals surface area contributed by atoms with Gasteiger partial charge in [0.1, 0.15) is 0 Å². The number of amides is 1. The first-order valence-corrected chi connectivity index (χ1v) is 6.58. The molecule has 2 aliphatic rings. The number of piperazine rings is 1. The van der Waals surface area contributed by atoms with Crippen LogP contribution in [0.5, 0.6) is 0 Å². The number of carbonyl (C=O) groups excluding carboxylic acids is 1. The molecule has 2 rings (SSSR count). The summed E-state index contributed by atoms with van der Waals surface area (Å²) in [5, 5.41) is 3.70. The van der Waals surface area contributed by atoms with Crippen LogP contribution in [0.3, 0.4) is 0 Å². The highest BCUT2D eigenvalue weighted by Gasteiger charge is 2.25. The molecule has 0 radical (unpaired) electrons. The van der Waals surface area contributed by atoms with E-state index >= 15 is 0 Å². The quantitative estimate of drug-likeness (QED) is 0.785. The second-order valence-electron chi connectivity index (χ2n) is 4.91. The number of halogens is 1. The van der Waals surface area contributed by atoms with E-state index in [-0.39, 0.29) is 5.91 Å². The molecule has 0 unspecified atom stereocenters. The largest absolute Gasteiger partial charge is 0.352 e. The fraction of sp³-hybridized carbons (Fsp3) is 0.750. The van der Waals surface area contributed by atoms with Crippen molar-refractivity contribution in [1.82, 2.24) is 15.1 Å². The van der Waals surface area contributed by atoms with E-state index in [0.29, 0.717) is 17.6 Å². The fourth-order valence-electron chi connectivity index (χ4n) is 2.05. The predicted octanol–water partition coefficient (Wildman–Crippen LogP) is 0.635. The van der Waals surface area contributed by atoms with Crippen LogP contribution in [0, 0.1) is 0 Å². The Balaban J connectivity index is 1.64. The van der Waals surface area contributed by atoms with E-state index in [1.54, 1.807) is 0 Å². The van der Waals surface area contributed by atoms with Gasteiger partial charge in [0.05, 0.1) is 6.54 Å². The maximum Gasteiger partial charge on any atom is 0.234 e. The first kappa shape index (κ1) is 12.9. The van der Waals surface area contributed by atoms with Crippen molar-refractivity contribution in [3.05, 3.63) is 11.6 Å². The van der Waals surface area contributed by atoms with Gasteiger partial charge in [0, 0.05) is 43.8 Å². The molecule has 1 N–H and O–H groups in total. The van der Waals surface area contributed by atoms with Gasteiger partial charge < -0.3 is 5.32 Å². The molecule has 96 valence electrons. The van der Waals surface area contributed by atoms with Crippen molar-refractivity contribution in [3.63, 3.8) is 0 Å². The topological polar surface area (TPSA) is 35.6 Å². The van der Waals surface area contributed by atoms with Gasteiger partial charge in [-0.1, -0.05) is 18.2 Å². The molecule has 0 atom stereocenters. The summed E-state index contributed by atoms with van der Waals surface area (Å²) in [7, 11) is 0. The second kappa shape index (κ2) is 5.85. The van der Waals surface area contributed by atoms with Crippen LogP contribution in [0.4, 0.5) is 0 Å². The first-order chi connectivity index (χ1) is 8.13. The SMILES string of the molecule is C=C(Cl)CN1CCN(CC(=O)NC2CC2)CC1. The molecule has 17 heavy (non-hydrogen) atoms. The summed E-state index contributed by atoms with van der Waals surface area (Å²) < 4.78 is 0. The third kappa shape index (κ3) is 4.66. The highest BCUT2D eigenvalue weighted by molar-refractivity contribution is 6.29. The molecule has 4 nitrogen and oxygen atoms in total. The number of rotatable bonds is 5. The number of carbonyl (C=O) groups is 1. The Morgan fingerprint density at radius 1 is 1.18 bits per heavy atom. The number of hydrogen-bond donors (Lipinski definition) is 1. The zero-order valence-corrected chi connectivity index (χ0v) is 10.9. The number of hydrogen-bond acceptors (Lipinski definition) is 3. The molecule has 0 aromatic heterocycles. The average molecular weight is 258 g/mol. The van der Waals surface area contributed by atoms with Crippen molar-refractivity contribution in [1.29, 1.82) is 0 Å². The van der Waals surface area contributed by atoms with Crippen LogP contribution in [-0.4, -0.2) is 61.0 Å². The Labute approximate surface area is 108 Å². The maximum absolute atomic E-state index is 11.6. The van der Waals surface area contributed by atoms with Crippen molar-refractivity contribution in [2.24, 2.45) is 0 Å². The van der Waals surface area contributed by atoms with Crippen LogP contribution in [0.25, 0.3) is 0 Å². The molecule has 5 heteroatoms. The first-order valence-electron chi connectivity index (χ1n) is 6.21. The van der Waals surface area contributed by atoms with Gasteiger partial charge in [-0.3, -0.25) is 14.6 Å². The molecule has 1 aliphatic carbocycles. The van der Waals surface area contributed by atoms with Crippen molar-refractivity contribution in [2.45, 2.75) is 18.9 Å². The monoisotopic (exact) mass is 257 g/mol. The second-order valence-corrected chi connectivity index (χ2v) is 5.45. The van der Waals surface area contributed by atoms with Gasteiger partial charge in [0.2, 0.25) is 5.91 Å². The third-order valence-electron chi connectivity index (χ3n) is 3.17. The smallest absolute Gasteiger partial charge is 0.234 e. The summed E-state index contributed by atoms with van der Waals surface area (Å²) in [6.07, 6.45) is 2.30. The average Bonchev–Trinajstić information content (AvgIpc) is 3.04. The molecule has 0 aromatic carbocycles. The Morgan fingerprint density at radius 3 is 2.18 bits per heavy atom. The summed E-state index contributed by atoms with van der Waals surface area (Å²) in [6.45, 7) is 8.78. The van der Waals surface area contributed by atoms with Crippen LogP contribution < -0.4 is 5.32 Å². The lowest BCUT2D eigenvalue weighted by Gasteiger charge is -2.34. The van der Waals surface area contributed by atoms with Gasteiger partial charge in [0.25, 0.3) is 0 Å². The Bertz CT molecular complexity index is 296. The molecule has 1 heterocycles. The van der Waals surface area contributed by atoms with Gasteiger partial charge in [-0.25, -0.2) is 0 Å². The predicted molar refractivity (Wildman–Crippen MR) is 69.0 cm³/mol. The van der Waals surface area contributed by atoms with Crippen molar-refractivity contribution in [2.75, 3.05) is 39.3 Å². The molecular formula is C12H20ClN3O. The number of nitrogens with zero attached hydrogens (tertiary/aromatic N) is 2. The van der Waals surface area contributed by atoms with Gasteiger partial charge >= 0.3 is 0 Å². The molecule has 1 saturated heterocycles. The molecule has 1 amide bonds. The van der Waals surface area contributed by atoms with Gasteiger partial charge in [-0.05, 0) is 12.8 Å². The van der Waals surface area contributed by atoms with Crippen molar-refractivity contribution in [3.8, 4) is 0 Å². The van der Waals surface area contributed by atoms with E-state index in [4.69, 9.17) is 11.6 Å². The molecular weight excluding hydrogens is 238 g/mol. The summed E-state index contributed by atoms with van der Waals surface area (Å²) in [4.78, 5) is 16.1. The molecule has 0 aromatic rings. The van der Waals surface area contributed by atoms with Crippen LogP contribution in [-0.2, 0) is 4.79 Å². The van der Waals surface area contributed by atoms with E-state index in [1.165, 1.54) is 0 Å². The van der Waals surface area contributed by atoms with Crippen molar-refractivity contribution >= 4 is 17.5 Å². The highest BCUT2D eigenvalue weighted by Crippen LogP contribution is 2.18. The van der Waals surface area contributed by atoms with Crippen LogP contribution in [0.1, 0.15) is 12.8 Å². The van der Waals surface area contributed by atoms with Gasteiger partial charge in [-0.2, -0.15) is 0 Å². The van der Waals surface area contributed by atoms with Gasteiger partial charge in [0.15, 0.2) is 0 Å². The normalized spacial score (nSPS) is 22.4. The van der Waals surface area contributed by atoms with Crippen LogP contribution >= 0.6 is 11.6 Å². The lowest BCUT2D eigenvalue weighted by atomic mass is 10.3. The molecule has 1 saturated carbocycles. The summed E-state index contributed by atoms with van der Waals surface area (Å²) >= 11 is 5.78. The van der Waals surface area contributed by atoms with E-state index in [2.05, 4.69) is 21.7 Å².